The van der Waals surface area contributed by atoms with Gasteiger partial charge in [0.15, 0.2) is 9.84 Å². The summed E-state index contributed by atoms with van der Waals surface area (Å²) in [4.78, 5) is 17.0. The van der Waals surface area contributed by atoms with Gasteiger partial charge in [-0.05, 0) is 41.8 Å². The van der Waals surface area contributed by atoms with Crippen LogP contribution in [0.3, 0.4) is 0 Å². The van der Waals surface area contributed by atoms with E-state index in [1.807, 2.05) is 4.90 Å². The first kappa shape index (κ1) is 20.5. The third-order valence-electron chi connectivity index (χ3n) is 4.80. The minimum atomic E-state index is -3.15. The molecule has 2 aromatic rings. The molecule has 1 fully saturated rings. The van der Waals surface area contributed by atoms with E-state index in [1.165, 1.54) is 18.4 Å². The van der Waals surface area contributed by atoms with Gasteiger partial charge >= 0.3 is 0 Å². The fourth-order valence-corrected chi connectivity index (χ4v) is 4.24. The molecular weight excluding hydrogens is 379 g/mol. The normalized spacial score (nSPS) is 16.0. The molecule has 0 aliphatic carbocycles. The number of carbonyl (C=O) groups excluding carboxylic acids is 1. The van der Waals surface area contributed by atoms with Gasteiger partial charge in [0, 0.05) is 44.5 Å². The number of halogens is 1. The van der Waals surface area contributed by atoms with Crippen LogP contribution in [0.2, 0.25) is 0 Å². The summed E-state index contributed by atoms with van der Waals surface area (Å²) >= 11 is 0. The van der Waals surface area contributed by atoms with Crippen molar-refractivity contribution in [2.75, 3.05) is 32.4 Å². The molecule has 3 rings (SSSR count). The average molecular weight is 405 g/mol. The molecule has 1 saturated heterocycles. The molecule has 1 amide bonds. The summed E-state index contributed by atoms with van der Waals surface area (Å²) in [5.74, 6) is -0.381. The summed E-state index contributed by atoms with van der Waals surface area (Å²) in [5, 5.41) is 0. The average Bonchev–Trinajstić information content (AvgIpc) is 2.87. The lowest BCUT2D eigenvalue weighted by molar-refractivity contribution is 0.0761. The Kier molecular flexibility index (Phi) is 6.46. The molecule has 1 aliphatic rings. The van der Waals surface area contributed by atoms with Crippen LogP contribution in [0.15, 0.2) is 48.5 Å². The van der Waals surface area contributed by atoms with Crippen molar-refractivity contribution in [2.24, 2.45) is 0 Å². The number of carbonyl (C=O) groups is 1. The smallest absolute Gasteiger partial charge is 0.253 e. The topological polar surface area (TPSA) is 57.7 Å². The zero-order valence-electron chi connectivity index (χ0n) is 16.0. The van der Waals surface area contributed by atoms with Crippen LogP contribution in [0.5, 0.6) is 0 Å². The van der Waals surface area contributed by atoms with Gasteiger partial charge in [0.05, 0.1) is 5.75 Å². The van der Waals surface area contributed by atoms with Crippen molar-refractivity contribution < 1.29 is 17.6 Å². The predicted octanol–water partition coefficient (Wildman–Crippen LogP) is 2.72. The van der Waals surface area contributed by atoms with Gasteiger partial charge in [0.1, 0.15) is 5.82 Å². The summed E-state index contributed by atoms with van der Waals surface area (Å²) in [6, 6.07) is 13.4. The molecule has 0 bridgehead atoms. The fraction of sp³-hybridized carbons (Fsp3) is 0.381. The lowest BCUT2D eigenvalue weighted by Crippen LogP contribution is -2.35. The van der Waals surface area contributed by atoms with Crippen molar-refractivity contribution in [1.82, 2.24) is 9.80 Å². The van der Waals surface area contributed by atoms with Crippen LogP contribution in [0.1, 0.15) is 27.9 Å². The highest BCUT2D eigenvalue weighted by molar-refractivity contribution is 7.89. The van der Waals surface area contributed by atoms with E-state index in [0.29, 0.717) is 24.2 Å². The fourth-order valence-electron chi connectivity index (χ4n) is 3.46. The van der Waals surface area contributed by atoms with Crippen LogP contribution in [0, 0.1) is 5.82 Å². The van der Waals surface area contributed by atoms with Crippen molar-refractivity contribution in [3.63, 3.8) is 0 Å². The molecule has 0 radical (unpaired) electrons. The van der Waals surface area contributed by atoms with Crippen LogP contribution < -0.4 is 0 Å². The third kappa shape index (κ3) is 5.87. The van der Waals surface area contributed by atoms with E-state index in [2.05, 4.69) is 4.90 Å². The van der Waals surface area contributed by atoms with Crippen molar-refractivity contribution in [2.45, 2.75) is 18.7 Å². The second kappa shape index (κ2) is 8.84. The predicted molar refractivity (Wildman–Crippen MR) is 107 cm³/mol. The SMILES string of the molecule is CS(=O)(=O)Cc1cccc(C(=O)N2CCCN(Cc3ccc(F)cc3)CC2)c1. The Bertz CT molecular complexity index is 929. The van der Waals surface area contributed by atoms with E-state index >= 15 is 0 Å². The Labute approximate surface area is 165 Å². The second-order valence-electron chi connectivity index (χ2n) is 7.32. The summed E-state index contributed by atoms with van der Waals surface area (Å²) in [6.45, 7) is 3.61. The van der Waals surface area contributed by atoms with Crippen LogP contribution in [0.25, 0.3) is 0 Å². The highest BCUT2D eigenvalue weighted by Gasteiger charge is 2.21. The zero-order valence-corrected chi connectivity index (χ0v) is 16.8. The van der Waals surface area contributed by atoms with Crippen molar-refractivity contribution in [3.05, 3.63) is 71.0 Å². The van der Waals surface area contributed by atoms with Gasteiger partial charge in [-0.1, -0.05) is 24.3 Å². The quantitative estimate of drug-likeness (QED) is 0.769. The first-order chi connectivity index (χ1) is 13.3. The molecule has 150 valence electrons. The van der Waals surface area contributed by atoms with E-state index < -0.39 is 9.84 Å². The number of nitrogens with zero attached hydrogens (tertiary/aromatic N) is 2. The first-order valence-corrected chi connectivity index (χ1v) is 11.4. The molecule has 0 N–H and O–H groups in total. The molecule has 2 aromatic carbocycles. The van der Waals surface area contributed by atoms with Gasteiger partial charge in [-0.2, -0.15) is 0 Å². The molecule has 0 aromatic heterocycles. The highest BCUT2D eigenvalue weighted by Crippen LogP contribution is 2.15. The molecule has 0 unspecified atom stereocenters. The molecule has 0 atom stereocenters. The zero-order chi connectivity index (χ0) is 20.1. The van der Waals surface area contributed by atoms with Crippen LogP contribution >= 0.6 is 0 Å². The minimum Gasteiger partial charge on any atom is -0.337 e. The van der Waals surface area contributed by atoms with Crippen molar-refractivity contribution in [1.29, 1.82) is 0 Å². The number of sulfone groups is 1. The standard InChI is InChI=1S/C21H25FN2O3S/c1-28(26,27)16-18-4-2-5-19(14-18)21(25)24-11-3-10-23(12-13-24)15-17-6-8-20(22)9-7-17/h2,4-9,14H,3,10-13,15-16H2,1H3. The van der Waals surface area contributed by atoms with E-state index in [-0.39, 0.29) is 17.5 Å². The van der Waals surface area contributed by atoms with Gasteiger partial charge < -0.3 is 4.90 Å². The molecule has 28 heavy (non-hydrogen) atoms. The third-order valence-corrected chi connectivity index (χ3v) is 5.66. The summed E-state index contributed by atoms with van der Waals surface area (Å²) in [7, 11) is -3.15. The van der Waals surface area contributed by atoms with Crippen molar-refractivity contribution >= 4 is 15.7 Å². The Morgan fingerprint density at radius 2 is 1.75 bits per heavy atom. The maximum absolute atomic E-state index is 13.1. The van der Waals surface area contributed by atoms with Gasteiger partial charge in [-0.25, -0.2) is 12.8 Å². The van der Waals surface area contributed by atoms with E-state index in [0.717, 1.165) is 31.6 Å². The molecule has 1 heterocycles. The Morgan fingerprint density at radius 3 is 2.46 bits per heavy atom. The number of benzene rings is 2. The maximum Gasteiger partial charge on any atom is 0.253 e. The van der Waals surface area contributed by atoms with E-state index in [9.17, 15) is 17.6 Å². The molecule has 0 spiro atoms. The largest absolute Gasteiger partial charge is 0.337 e. The van der Waals surface area contributed by atoms with Gasteiger partial charge in [-0.15, -0.1) is 0 Å². The molecule has 1 aliphatic heterocycles. The van der Waals surface area contributed by atoms with Crippen LogP contribution in [-0.2, 0) is 22.1 Å². The van der Waals surface area contributed by atoms with Gasteiger partial charge in [0.25, 0.3) is 5.91 Å². The summed E-state index contributed by atoms with van der Waals surface area (Å²) in [5.41, 5.74) is 2.20. The molecular formula is C21H25FN2O3S. The number of hydrogen-bond acceptors (Lipinski definition) is 4. The first-order valence-electron chi connectivity index (χ1n) is 9.33. The van der Waals surface area contributed by atoms with Gasteiger partial charge in [-0.3, -0.25) is 9.69 Å². The molecule has 7 heteroatoms. The molecule has 5 nitrogen and oxygen atoms in total. The minimum absolute atomic E-state index is 0.0699. The van der Waals surface area contributed by atoms with Crippen LogP contribution in [-0.4, -0.2) is 56.6 Å². The Morgan fingerprint density at radius 1 is 1.00 bits per heavy atom. The number of rotatable bonds is 5. The lowest BCUT2D eigenvalue weighted by Gasteiger charge is -2.22. The Hall–Kier alpha value is -2.25. The maximum atomic E-state index is 13.1. The highest BCUT2D eigenvalue weighted by atomic mass is 32.2. The van der Waals surface area contributed by atoms with Crippen LogP contribution in [0.4, 0.5) is 4.39 Å². The van der Waals surface area contributed by atoms with E-state index in [4.69, 9.17) is 0 Å². The number of hydrogen-bond donors (Lipinski definition) is 0. The molecule has 0 saturated carbocycles. The summed E-state index contributed by atoms with van der Waals surface area (Å²) in [6.07, 6.45) is 2.04. The monoisotopic (exact) mass is 404 g/mol. The van der Waals surface area contributed by atoms with E-state index in [1.54, 1.807) is 36.4 Å². The number of amides is 1. The Balaban J connectivity index is 1.62. The van der Waals surface area contributed by atoms with Crippen molar-refractivity contribution in [3.8, 4) is 0 Å². The lowest BCUT2D eigenvalue weighted by atomic mass is 10.1. The summed E-state index contributed by atoms with van der Waals surface area (Å²) < 4.78 is 36.1. The van der Waals surface area contributed by atoms with Gasteiger partial charge in [0.2, 0.25) is 0 Å². The second-order valence-corrected chi connectivity index (χ2v) is 9.46.